The number of nitrogens with one attached hydrogen (secondary N) is 1. The van der Waals surface area contributed by atoms with E-state index in [9.17, 15) is 4.79 Å². The van der Waals surface area contributed by atoms with E-state index in [-0.39, 0.29) is 5.97 Å². The number of ether oxygens (including phenoxy) is 2. The number of aromatic nitrogens is 1. The Bertz CT molecular complexity index is 703. The first kappa shape index (κ1) is 16.7. The van der Waals surface area contributed by atoms with Crippen LogP contribution in [0, 0.1) is 13.8 Å². The molecule has 122 valence electrons. The zero-order chi connectivity index (χ0) is 16.8. The lowest BCUT2D eigenvalue weighted by molar-refractivity contribution is 0.0525. The Labute approximate surface area is 135 Å². The third-order valence-corrected chi connectivity index (χ3v) is 3.30. The van der Waals surface area contributed by atoms with Gasteiger partial charge < -0.3 is 14.5 Å². The minimum Gasteiger partial charge on any atom is -0.494 e. The van der Waals surface area contributed by atoms with Gasteiger partial charge in [0.2, 0.25) is 0 Å². The van der Waals surface area contributed by atoms with Crippen LogP contribution in [0.25, 0.3) is 0 Å². The van der Waals surface area contributed by atoms with E-state index in [1.165, 1.54) is 0 Å². The molecule has 23 heavy (non-hydrogen) atoms. The molecule has 0 saturated carbocycles. The van der Waals surface area contributed by atoms with Gasteiger partial charge in [0.25, 0.3) is 0 Å². The summed E-state index contributed by atoms with van der Waals surface area (Å²) in [5, 5.41) is 8.38. The van der Waals surface area contributed by atoms with Crippen LogP contribution in [0.15, 0.2) is 34.5 Å². The highest BCUT2D eigenvalue weighted by Crippen LogP contribution is 2.27. The van der Waals surface area contributed by atoms with E-state index < -0.39 is 0 Å². The monoisotopic (exact) mass is 315 g/mol. The van der Waals surface area contributed by atoms with Crippen molar-refractivity contribution in [2.75, 3.05) is 13.2 Å². The fraction of sp³-hybridized carbons (Fsp3) is 0.353. The van der Waals surface area contributed by atoms with Crippen LogP contribution in [0.5, 0.6) is 5.75 Å². The molecule has 0 saturated heterocycles. The molecule has 0 atom stereocenters. The molecule has 0 fully saturated rings. The number of hydrogen-bond donors (Lipinski definition) is 1. The maximum atomic E-state index is 11.9. The molecule has 2 aromatic rings. The average Bonchev–Trinajstić information content (AvgIpc) is 2.81. The third kappa shape index (κ3) is 3.97. The second kappa shape index (κ2) is 7.58. The molecule has 0 radical (unpaired) electrons. The molecule has 1 aromatic carbocycles. The number of aryl methyl sites for hydroxylation is 1. The number of benzene rings is 1. The summed E-state index contributed by atoms with van der Waals surface area (Å²) in [6.45, 7) is 8.31. The average molecular weight is 315 g/mol. The maximum Gasteiger partial charge on any atom is 0.340 e. The number of nitrogens with zero attached hydrogens (tertiary/aromatic N) is 2. The van der Waals surface area contributed by atoms with Crippen LogP contribution in [0.2, 0.25) is 0 Å². The van der Waals surface area contributed by atoms with Gasteiger partial charge in [0.15, 0.2) is 5.82 Å². The number of azo groups is 1. The molecule has 0 unspecified atom stereocenters. The fourth-order valence-corrected chi connectivity index (χ4v) is 2.23. The van der Waals surface area contributed by atoms with Gasteiger partial charge >= 0.3 is 5.97 Å². The molecular formula is C17H21N3O3. The van der Waals surface area contributed by atoms with Crippen LogP contribution in [0.3, 0.4) is 0 Å². The molecular weight excluding hydrogens is 294 g/mol. The normalized spacial score (nSPS) is 11.0. The topological polar surface area (TPSA) is 76.0 Å². The van der Waals surface area contributed by atoms with E-state index in [0.717, 1.165) is 17.0 Å². The molecule has 6 nitrogen and oxygen atoms in total. The number of carbonyl (C=O) groups excluding carboxylic acids is 1. The van der Waals surface area contributed by atoms with Crippen LogP contribution in [0.1, 0.15) is 35.5 Å². The van der Waals surface area contributed by atoms with Crippen LogP contribution < -0.4 is 4.74 Å². The van der Waals surface area contributed by atoms with Crippen molar-refractivity contribution in [2.45, 2.75) is 27.7 Å². The van der Waals surface area contributed by atoms with Crippen LogP contribution >= 0.6 is 0 Å². The van der Waals surface area contributed by atoms with Crippen molar-refractivity contribution >= 4 is 17.5 Å². The van der Waals surface area contributed by atoms with E-state index in [0.29, 0.717) is 30.3 Å². The smallest absolute Gasteiger partial charge is 0.340 e. The number of hydrogen-bond acceptors (Lipinski definition) is 5. The van der Waals surface area contributed by atoms with Crippen molar-refractivity contribution in [3.63, 3.8) is 0 Å². The molecule has 0 amide bonds. The quantitative estimate of drug-likeness (QED) is 0.624. The Morgan fingerprint density at radius 2 is 1.78 bits per heavy atom. The van der Waals surface area contributed by atoms with E-state index in [1.807, 2.05) is 45.0 Å². The van der Waals surface area contributed by atoms with Gasteiger partial charge in [-0.05, 0) is 52.0 Å². The molecule has 0 bridgehead atoms. The standard InChI is InChI=1S/C17H21N3O3/c1-5-22-14-9-7-13(8-10-14)19-20-16-11(3)15(12(4)18-16)17(21)23-6-2/h7-10,18H,5-6H2,1-4H3. The minimum absolute atomic E-state index is 0.339. The predicted octanol–water partition coefficient (Wildman–Crippen LogP) is 4.62. The molecule has 6 heteroatoms. The van der Waals surface area contributed by atoms with Crippen molar-refractivity contribution in [1.29, 1.82) is 0 Å². The molecule has 1 N–H and O–H groups in total. The Balaban J connectivity index is 2.19. The summed E-state index contributed by atoms with van der Waals surface area (Å²) in [5.74, 6) is 1.00. The lowest BCUT2D eigenvalue weighted by atomic mass is 10.1. The van der Waals surface area contributed by atoms with Gasteiger partial charge in [-0.15, -0.1) is 10.2 Å². The second-order valence-corrected chi connectivity index (χ2v) is 4.95. The zero-order valence-corrected chi connectivity index (χ0v) is 13.8. The predicted molar refractivity (Wildman–Crippen MR) is 88.0 cm³/mol. The van der Waals surface area contributed by atoms with Crippen molar-refractivity contribution in [2.24, 2.45) is 10.2 Å². The second-order valence-electron chi connectivity index (χ2n) is 4.95. The summed E-state index contributed by atoms with van der Waals surface area (Å²) in [6.07, 6.45) is 0. The van der Waals surface area contributed by atoms with Crippen molar-refractivity contribution < 1.29 is 14.3 Å². The minimum atomic E-state index is -0.346. The van der Waals surface area contributed by atoms with Crippen LogP contribution in [-0.2, 0) is 4.74 Å². The van der Waals surface area contributed by atoms with Gasteiger partial charge in [0, 0.05) is 11.3 Å². The SMILES string of the molecule is CCOC(=O)c1c(C)[nH]c(N=Nc2ccc(OCC)cc2)c1C. The summed E-state index contributed by atoms with van der Waals surface area (Å²) >= 11 is 0. The number of rotatable bonds is 6. The van der Waals surface area contributed by atoms with Crippen molar-refractivity contribution in [3.8, 4) is 5.75 Å². The molecule has 2 rings (SSSR count). The van der Waals surface area contributed by atoms with Gasteiger partial charge in [0.1, 0.15) is 5.75 Å². The maximum absolute atomic E-state index is 11.9. The van der Waals surface area contributed by atoms with Crippen molar-refractivity contribution in [1.82, 2.24) is 4.98 Å². The summed E-state index contributed by atoms with van der Waals surface area (Å²) in [5.41, 5.74) is 2.68. The number of esters is 1. The first-order valence-corrected chi connectivity index (χ1v) is 7.57. The summed E-state index contributed by atoms with van der Waals surface area (Å²) in [4.78, 5) is 15.0. The molecule has 1 aromatic heterocycles. The zero-order valence-electron chi connectivity index (χ0n) is 13.8. The first-order chi connectivity index (χ1) is 11.1. The highest BCUT2D eigenvalue weighted by Gasteiger charge is 2.19. The van der Waals surface area contributed by atoms with Gasteiger partial charge in [0.05, 0.1) is 24.5 Å². The Kier molecular flexibility index (Phi) is 5.51. The van der Waals surface area contributed by atoms with Gasteiger partial charge in [-0.2, -0.15) is 0 Å². The Morgan fingerprint density at radius 3 is 2.39 bits per heavy atom. The number of H-pyrrole nitrogens is 1. The van der Waals surface area contributed by atoms with Crippen molar-refractivity contribution in [3.05, 3.63) is 41.1 Å². The molecule has 0 aliphatic carbocycles. The summed E-state index contributed by atoms with van der Waals surface area (Å²) < 4.78 is 10.4. The third-order valence-electron chi connectivity index (χ3n) is 3.30. The van der Waals surface area contributed by atoms with Crippen LogP contribution in [-0.4, -0.2) is 24.2 Å². The lowest BCUT2D eigenvalue weighted by Gasteiger charge is -2.02. The van der Waals surface area contributed by atoms with Gasteiger partial charge in [-0.3, -0.25) is 0 Å². The number of aromatic amines is 1. The van der Waals surface area contributed by atoms with E-state index in [2.05, 4.69) is 15.2 Å². The molecule has 0 aliphatic rings. The lowest BCUT2D eigenvalue weighted by Crippen LogP contribution is -2.06. The Hall–Kier alpha value is -2.63. The van der Waals surface area contributed by atoms with E-state index in [4.69, 9.17) is 9.47 Å². The Morgan fingerprint density at radius 1 is 1.09 bits per heavy atom. The van der Waals surface area contributed by atoms with E-state index in [1.54, 1.807) is 6.92 Å². The largest absolute Gasteiger partial charge is 0.494 e. The highest BCUT2D eigenvalue weighted by atomic mass is 16.5. The highest BCUT2D eigenvalue weighted by molar-refractivity contribution is 5.93. The molecule has 0 spiro atoms. The summed E-state index contributed by atoms with van der Waals surface area (Å²) in [6, 6.07) is 7.33. The van der Waals surface area contributed by atoms with Crippen LogP contribution in [0.4, 0.5) is 11.5 Å². The van der Waals surface area contributed by atoms with Gasteiger partial charge in [-0.1, -0.05) is 0 Å². The molecule has 1 heterocycles. The van der Waals surface area contributed by atoms with Gasteiger partial charge in [-0.25, -0.2) is 4.79 Å². The fourth-order valence-electron chi connectivity index (χ4n) is 2.23. The first-order valence-electron chi connectivity index (χ1n) is 7.57. The molecule has 0 aliphatic heterocycles. The van der Waals surface area contributed by atoms with E-state index >= 15 is 0 Å². The summed E-state index contributed by atoms with van der Waals surface area (Å²) in [7, 11) is 0. The number of carbonyl (C=O) groups is 1.